The Balaban J connectivity index is 1.54. The van der Waals surface area contributed by atoms with Crippen LogP contribution in [-0.4, -0.2) is 27.2 Å². The van der Waals surface area contributed by atoms with Gasteiger partial charge in [0.15, 0.2) is 0 Å². The molecule has 0 radical (unpaired) electrons. The molecule has 4 rings (SSSR count). The first-order chi connectivity index (χ1) is 15.1. The Labute approximate surface area is 184 Å². The molecular weight excluding hydrogens is 408 g/mol. The molecule has 2 aromatic carbocycles. The summed E-state index contributed by atoms with van der Waals surface area (Å²) in [7, 11) is 0. The van der Waals surface area contributed by atoms with Crippen molar-refractivity contribution in [3.05, 3.63) is 83.8 Å². The maximum absolute atomic E-state index is 12.5. The van der Waals surface area contributed by atoms with Gasteiger partial charge in [0.1, 0.15) is 0 Å². The largest absolute Gasteiger partial charge is 0.277 e. The number of carbonyl (C=O) groups excluding carboxylic acids is 1. The van der Waals surface area contributed by atoms with Gasteiger partial charge in [-0.1, -0.05) is 30.0 Å². The van der Waals surface area contributed by atoms with Gasteiger partial charge in [0.2, 0.25) is 0 Å². The van der Waals surface area contributed by atoms with Crippen LogP contribution in [0.4, 0.5) is 0 Å². The smallest absolute Gasteiger partial charge is 0.275 e. The van der Waals surface area contributed by atoms with Crippen LogP contribution in [0.5, 0.6) is 0 Å². The van der Waals surface area contributed by atoms with E-state index in [9.17, 15) is 4.79 Å². The van der Waals surface area contributed by atoms with Crippen LogP contribution in [0.2, 0.25) is 0 Å². The molecule has 0 spiro atoms. The van der Waals surface area contributed by atoms with Gasteiger partial charge < -0.3 is 0 Å². The summed E-state index contributed by atoms with van der Waals surface area (Å²) >= 11 is 1.52. The summed E-state index contributed by atoms with van der Waals surface area (Å²) in [4.78, 5) is 23.9. The minimum atomic E-state index is -0.263. The number of hydroxylamine groups is 1. The molecule has 0 saturated carbocycles. The zero-order chi connectivity index (χ0) is 21.6. The van der Waals surface area contributed by atoms with E-state index in [2.05, 4.69) is 20.7 Å². The lowest BCUT2D eigenvalue weighted by Gasteiger charge is -2.11. The van der Waals surface area contributed by atoms with Crippen LogP contribution in [-0.2, 0) is 4.84 Å². The predicted molar refractivity (Wildman–Crippen MR) is 124 cm³/mol. The third-order valence-electron chi connectivity index (χ3n) is 4.41. The van der Waals surface area contributed by atoms with Crippen molar-refractivity contribution >= 4 is 40.7 Å². The summed E-state index contributed by atoms with van der Waals surface area (Å²) in [6.45, 7) is 3.72. The van der Waals surface area contributed by atoms with Gasteiger partial charge in [0.25, 0.3) is 5.91 Å². The first-order valence-electron chi connectivity index (χ1n) is 9.90. The third kappa shape index (κ3) is 5.20. The van der Waals surface area contributed by atoms with Crippen LogP contribution in [0, 0.1) is 0 Å². The highest BCUT2D eigenvalue weighted by Crippen LogP contribution is 2.32. The summed E-state index contributed by atoms with van der Waals surface area (Å²) in [5.41, 5.74) is 5.72. The molecule has 7 heteroatoms. The normalized spacial score (nSPS) is 11.5. The van der Waals surface area contributed by atoms with Crippen LogP contribution in [0.25, 0.3) is 23.1 Å². The van der Waals surface area contributed by atoms with Crippen molar-refractivity contribution < 1.29 is 9.63 Å². The Hall–Kier alpha value is -3.42. The SMILES string of the molecule is CC(C)ONC(=O)c1ccccc1Sc1ccc2c(C=Cc3ccccn3)n[nH]c2c1. The molecule has 0 bridgehead atoms. The van der Waals surface area contributed by atoms with E-state index in [0.717, 1.165) is 32.1 Å². The number of amides is 1. The van der Waals surface area contributed by atoms with E-state index < -0.39 is 0 Å². The van der Waals surface area contributed by atoms with E-state index in [1.807, 2.05) is 80.6 Å². The number of hydrogen-bond donors (Lipinski definition) is 2. The summed E-state index contributed by atoms with van der Waals surface area (Å²) in [6.07, 6.45) is 5.56. The molecule has 0 saturated heterocycles. The second-order valence-corrected chi connectivity index (χ2v) is 8.22. The van der Waals surface area contributed by atoms with E-state index in [0.29, 0.717) is 5.56 Å². The second kappa shape index (κ2) is 9.59. The standard InChI is InChI=1S/C24H22N4O2S/c1-16(2)30-28-24(29)20-8-3-4-9-23(20)31-18-11-12-19-21(26-27-22(19)15-18)13-10-17-7-5-6-14-25-17/h3-16H,1-2H3,(H,26,27)(H,28,29). The topological polar surface area (TPSA) is 79.9 Å². The van der Waals surface area contributed by atoms with Crippen LogP contribution < -0.4 is 5.48 Å². The molecule has 0 aliphatic rings. The van der Waals surface area contributed by atoms with Gasteiger partial charge in [-0.05, 0) is 68.5 Å². The molecule has 0 fully saturated rings. The molecule has 6 nitrogen and oxygen atoms in total. The van der Waals surface area contributed by atoms with Gasteiger partial charge in [-0.15, -0.1) is 0 Å². The Morgan fingerprint density at radius 3 is 2.74 bits per heavy atom. The molecule has 0 unspecified atom stereocenters. The zero-order valence-corrected chi connectivity index (χ0v) is 18.0. The highest BCUT2D eigenvalue weighted by Gasteiger charge is 2.13. The highest BCUT2D eigenvalue weighted by atomic mass is 32.2. The minimum absolute atomic E-state index is 0.0903. The van der Waals surface area contributed by atoms with Crippen molar-refractivity contribution in [2.75, 3.05) is 0 Å². The van der Waals surface area contributed by atoms with Gasteiger partial charge >= 0.3 is 0 Å². The average Bonchev–Trinajstić information content (AvgIpc) is 3.19. The van der Waals surface area contributed by atoms with E-state index >= 15 is 0 Å². The predicted octanol–water partition coefficient (Wildman–Crippen LogP) is 5.35. The van der Waals surface area contributed by atoms with Gasteiger partial charge in [-0.2, -0.15) is 5.10 Å². The number of hydrogen-bond acceptors (Lipinski definition) is 5. The number of pyridine rings is 1. The fourth-order valence-electron chi connectivity index (χ4n) is 2.95. The summed E-state index contributed by atoms with van der Waals surface area (Å²) < 4.78 is 0. The van der Waals surface area contributed by atoms with Crippen LogP contribution in [0.3, 0.4) is 0 Å². The molecule has 1 amide bonds. The maximum Gasteiger partial charge on any atom is 0.275 e. The third-order valence-corrected chi connectivity index (χ3v) is 5.48. The fourth-order valence-corrected chi connectivity index (χ4v) is 3.93. The first-order valence-corrected chi connectivity index (χ1v) is 10.7. The van der Waals surface area contributed by atoms with Gasteiger partial charge in [0.05, 0.1) is 28.6 Å². The Bertz CT molecular complexity index is 1220. The number of fused-ring (bicyclic) bond motifs is 1. The van der Waals surface area contributed by atoms with E-state index in [1.54, 1.807) is 12.3 Å². The Morgan fingerprint density at radius 1 is 1.10 bits per heavy atom. The first kappa shape index (κ1) is 20.8. The second-order valence-electron chi connectivity index (χ2n) is 7.10. The van der Waals surface area contributed by atoms with Crippen LogP contribution in [0.15, 0.2) is 76.7 Å². The van der Waals surface area contributed by atoms with Crippen molar-refractivity contribution in [2.24, 2.45) is 0 Å². The number of benzene rings is 2. The molecule has 4 aromatic rings. The average molecular weight is 431 g/mol. The summed E-state index contributed by atoms with van der Waals surface area (Å²) in [6, 6.07) is 19.3. The Kier molecular flexibility index (Phi) is 6.45. The Morgan fingerprint density at radius 2 is 1.94 bits per heavy atom. The lowest BCUT2D eigenvalue weighted by Crippen LogP contribution is -2.27. The molecule has 2 heterocycles. The van der Waals surface area contributed by atoms with Crippen LogP contribution in [0.1, 0.15) is 35.6 Å². The number of H-pyrrole nitrogens is 1. The quantitative estimate of drug-likeness (QED) is 0.386. The summed E-state index contributed by atoms with van der Waals surface area (Å²) in [5.74, 6) is -0.263. The monoisotopic (exact) mass is 430 g/mol. The molecule has 31 heavy (non-hydrogen) atoms. The molecule has 2 aromatic heterocycles. The number of rotatable bonds is 7. The molecule has 0 aliphatic carbocycles. The summed E-state index contributed by atoms with van der Waals surface area (Å²) in [5, 5.41) is 8.52. The molecular formula is C24H22N4O2S. The fraction of sp³-hybridized carbons (Fsp3) is 0.125. The lowest BCUT2D eigenvalue weighted by molar-refractivity contribution is -0.00000429. The van der Waals surface area contributed by atoms with Gasteiger partial charge in [-0.3, -0.25) is 19.7 Å². The zero-order valence-electron chi connectivity index (χ0n) is 17.2. The van der Waals surface area contributed by atoms with Crippen LogP contribution >= 0.6 is 11.8 Å². The molecule has 0 atom stereocenters. The van der Waals surface area contributed by atoms with Gasteiger partial charge in [0, 0.05) is 21.4 Å². The lowest BCUT2D eigenvalue weighted by atomic mass is 10.2. The van der Waals surface area contributed by atoms with E-state index in [1.165, 1.54) is 11.8 Å². The van der Waals surface area contributed by atoms with Crippen molar-refractivity contribution in [2.45, 2.75) is 29.7 Å². The number of aromatic nitrogens is 3. The number of aromatic amines is 1. The van der Waals surface area contributed by atoms with Gasteiger partial charge in [-0.25, -0.2) is 5.48 Å². The van der Waals surface area contributed by atoms with Crippen molar-refractivity contribution in [1.29, 1.82) is 0 Å². The van der Waals surface area contributed by atoms with Crippen molar-refractivity contribution in [3.63, 3.8) is 0 Å². The highest BCUT2D eigenvalue weighted by molar-refractivity contribution is 7.99. The van der Waals surface area contributed by atoms with Crippen molar-refractivity contribution in [3.8, 4) is 0 Å². The van der Waals surface area contributed by atoms with E-state index in [4.69, 9.17) is 4.84 Å². The molecule has 156 valence electrons. The van der Waals surface area contributed by atoms with Crippen molar-refractivity contribution in [1.82, 2.24) is 20.7 Å². The number of nitrogens with one attached hydrogen (secondary N) is 2. The maximum atomic E-state index is 12.5. The van der Waals surface area contributed by atoms with E-state index in [-0.39, 0.29) is 12.0 Å². The minimum Gasteiger partial charge on any atom is -0.277 e. The molecule has 0 aliphatic heterocycles. The molecule has 2 N–H and O–H groups in total. The number of nitrogens with zero attached hydrogens (tertiary/aromatic N) is 2. The number of carbonyl (C=O) groups is 1.